The number of aryl methyl sites for hydroxylation is 2. The first kappa shape index (κ1) is 22.2. The second-order valence-electron chi connectivity index (χ2n) is 6.91. The third-order valence-corrected chi connectivity index (χ3v) is 4.28. The van der Waals surface area contributed by atoms with E-state index in [2.05, 4.69) is 10.6 Å². The number of imide groups is 1. The minimum atomic E-state index is -0.543. The van der Waals surface area contributed by atoms with Crippen LogP contribution >= 0.6 is 0 Å². The van der Waals surface area contributed by atoms with Crippen LogP contribution in [0.5, 0.6) is 11.5 Å². The summed E-state index contributed by atoms with van der Waals surface area (Å²) in [5, 5.41) is 5.06. The fourth-order valence-corrected chi connectivity index (χ4v) is 2.97. The number of anilines is 1. The predicted molar refractivity (Wildman–Crippen MR) is 114 cm³/mol. The lowest BCUT2D eigenvalue weighted by atomic mass is 10.1. The lowest BCUT2D eigenvalue weighted by Crippen LogP contribution is -2.40. The Morgan fingerprint density at radius 1 is 1.07 bits per heavy atom. The summed E-state index contributed by atoms with van der Waals surface area (Å²) in [5.41, 5.74) is 3.70. The van der Waals surface area contributed by atoms with Crippen molar-refractivity contribution in [3.8, 4) is 11.5 Å². The average Bonchev–Trinajstić information content (AvgIpc) is 2.65. The first-order valence-corrected chi connectivity index (χ1v) is 9.48. The van der Waals surface area contributed by atoms with Crippen molar-refractivity contribution in [2.45, 2.75) is 27.3 Å². The largest absolute Gasteiger partial charge is 0.493 e. The first-order valence-electron chi connectivity index (χ1n) is 9.48. The maximum absolute atomic E-state index is 12.2. The molecular formula is C22H29N3O4. The van der Waals surface area contributed by atoms with Crippen molar-refractivity contribution in [1.82, 2.24) is 10.2 Å². The smallest absolute Gasteiger partial charge is 0.325 e. The van der Waals surface area contributed by atoms with Gasteiger partial charge in [0.2, 0.25) is 5.91 Å². The summed E-state index contributed by atoms with van der Waals surface area (Å²) in [6.07, 6.45) is 0. The summed E-state index contributed by atoms with van der Waals surface area (Å²) in [6, 6.07) is 10.8. The van der Waals surface area contributed by atoms with E-state index in [-0.39, 0.29) is 12.5 Å². The quantitative estimate of drug-likeness (QED) is 0.710. The molecule has 0 unspecified atom stereocenters. The highest BCUT2D eigenvalue weighted by Crippen LogP contribution is 2.28. The Balaban J connectivity index is 1.87. The molecule has 7 nitrogen and oxygen atoms in total. The molecule has 2 aromatic rings. The van der Waals surface area contributed by atoms with Crippen molar-refractivity contribution in [1.29, 1.82) is 0 Å². The number of benzene rings is 2. The third-order valence-electron chi connectivity index (χ3n) is 4.28. The molecule has 0 fully saturated rings. The monoisotopic (exact) mass is 399 g/mol. The molecule has 0 aliphatic heterocycles. The second-order valence-corrected chi connectivity index (χ2v) is 6.91. The number of hydrogen-bond donors (Lipinski definition) is 2. The van der Waals surface area contributed by atoms with Crippen LogP contribution in [0.25, 0.3) is 0 Å². The molecule has 0 atom stereocenters. The van der Waals surface area contributed by atoms with Gasteiger partial charge < -0.3 is 14.8 Å². The molecule has 0 saturated carbocycles. The van der Waals surface area contributed by atoms with E-state index in [1.54, 1.807) is 7.11 Å². The molecule has 0 saturated heterocycles. The molecule has 156 valence electrons. The lowest BCUT2D eigenvalue weighted by Gasteiger charge is -2.18. The maximum Gasteiger partial charge on any atom is 0.325 e. The van der Waals surface area contributed by atoms with Crippen LogP contribution < -0.4 is 20.1 Å². The Hall–Kier alpha value is -3.06. The number of nitrogens with zero attached hydrogens (tertiary/aromatic N) is 1. The van der Waals surface area contributed by atoms with Gasteiger partial charge in [-0.1, -0.05) is 23.8 Å². The summed E-state index contributed by atoms with van der Waals surface area (Å²) in [4.78, 5) is 26.1. The van der Waals surface area contributed by atoms with Crippen LogP contribution in [-0.2, 0) is 11.3 Å². The number of nitrogens with one attached hydrogen (secondary N) is 2. The number of amides is 3. The summed E-state index contributed by atoms with van der Waals surface area (Å²) < 4.78 is 10.9. The number of urea groups is 1. The SMILES string of the molecule is CCOc1ccc(CN(C)CC(=O)NC(=O)Nc2ccc(C)cc2C)cc1OC. The minimum Gasteiger partial charge on any atom is -0.493 e. The van der Waals surface area contributed by atoms with E-state index in [1.165, 1.54) is 0 Å². The molecule has 2 aromatic carbocycles. The average molecular weight is 399 g/mol. The van der Waals surface area contributed by atoms with E-state index in [1.807, 2.05) is 69.1 Å². The summed E-state index contributed by atoms with van der Waals surface area (Å²) in [7, 11) is 3.40. The summed E-state index contributed by atoms with van der Waals surface area (Å²) in [6.45, 7) is 6.96. The zero-order valence-electron chi connectivity index (χ0n) is 17.7. The molecular weight excluding hydrogens is 370 g/mol. The van der Waals surface area contributed by atoms with Gasteiger partial charge in [0.15, 0.2) is 11.5 Å². The zero-order valence-corrected chi connectivity index (χ0v) is 17.7. The van der Waals surface area contributed by atoms with Crippen LogP contribution in [-0.4, -0.2) is 44.1 Å². The zero-order chi connectivity index (χ0) is 21.4. The van der Waals surface area contributed by atoms with Crippen LogP contribution in [0.2, 0.25) is 0 Å². The van der Waals surface area contributed by atoms with Crippen molar-refractivity contribution in [3.63, 3.8) is 0 Å². The van der Waals surface area contributed by atoms with Gasteiger partial charge in [-0.05, 0) is 57.1 Å². The van der Waals surface area contributed by atoms with Gasteiger partial charge in [0.05, 0.1) is 20.3 Å². The van der Waals surface area contributed by atoms with Crippen LogP contribution in [0, 0.1) is 13.8 Å². The number of ether oxygens (including phenoxy) is 2. The maximum atomic E-state index is 12.2. The van der Waals surface area contributed by atoms with Crippen molar-refractivity contribution in [3.05, 3.63) is 53.1 Å². The highest BCUT2D eigenvalue weighted by Gasteiger charge is 2.13. The fourth-order valence-electron chi connectivity index (χ4n) is 2.97. The Bertz CT molecular complexity index is 867. The van der Waals surface area contributed by atoms with Crippen LogP contribution in [0.4, 0.5) is 10.5 Å². The molecule has 0 heterocycles. The molecule has 0 bridgehead atoms. The fraction of sp³-hybridized carbons (Fsp3) is 0.364. The van der Waals surface area contributed by atoms with E-state index < -0.39 is 6.03 Å². The highest BCUT2D eigenvalue weighted by atomic mass is 16.5. The molecule has 2 rings (SSSR count). The first-order chi connectivity index (χ1) is 13.8. The molecule has 29 heavy (non-hydrogen) atoms. The van der Waals surface area contributed by atoms with Crippen molar-refractivity contribution in [2.75, 3.05) is 32.6 Å². The van der Waals surface area contributed by atoms with Gasteiger partial charge in [-0.2, -0.15) is 0 Å². The van der Waals surface area contributed by atoms with E-state index in [0.29, 0.717) is 30.3 Å². The van der Waals surface area contributed by atoms with Gasteiger partial charge in [0, 0.05) is 12.2 Å². The van der Waals surface area contributed by atoms with E-state index >= 15 is 0 Å². The molecule has 7 heteroatoms. The van der Waals surface area contributed by atoms with Crippen molar-refractivity contribution >= 4 is 17.6 Å². The number of hydrogen-bond acceptors (Lipinski definition) is 5. The number of methoxy groups -OCH3 is 1. The Labute approximate surface area is 172 Å². The molecule has 0 aliphatic rings. The Morgan fingerprint density at radius 2 is 1.83 bits per heavy atom. The minimum absolute atomic E-state index is 0.0792. The summed E-state index contributed by atoms with van der Waals surface area (Å²) in [5.74, 6) is 0.949. The number of rotatable bonds is 8. The van der Waals surface area contributed by atoms with Gasteiger partial charge in [-0.25, -0.2) is 4.79 Å². The lowest BCUT2D eigenvalue weighted by molar-refractivity contribution is -0.120. The van der Waals surface area contributed by atoms with Gasteiger partial charge in [-0.3, -0.25) is 15.0 Å². The topological polar surface area (TPSA) is 79.9 Å². The molecule has 3 amide bonds. The van der Waals surface area contributed by atoms with Gasteiger partial charge in [0.25, 0.3) is 0 Å². The predicted octanol–water partition coefficient (Wildman–Crippen LogP) is 3.49. The molecule has 0 aromatic heterocycles. The van der Waals surface area contributed by atoms with E-state index in [0.717, 1.165) is 16.7 Å². The summed E-state index contributed by atoms with van der Waals surface area (Å²) >= 11 is 0. The molecule has 2 N–H and O–H groups in total. The van der Waals surface area contributed by atoms with E-state index in [4.69, 9.17) is 9.47 Å². The van der Waals surface area contributed by atoms with Crippen LogP contribution in [0.15, 0.2) is 36.4 Å². The van der Waals surface area contributed by atoms with Crippen LogP contribution in [0.3, 0.4) is 0 Å². The normalized spacial score (nSPS) is 10.6. The Kier molecular flexibility index (Phi) is 8.03. The number of likely N-dealkylation sites (N-methyl/N-ethyl adjacent to an activating group) is 1. The molecule has 0 radical (unpaired) electrons. The van der Waals surface area contributed by atoms with E-state index in [9.17, 15) is 9.59 Å². The highest BCUT2D eigenvalue weighted by molar-refractivity contribution is 6.02. The number of carbonyl (C=O) groups is 2. The second kappa shape index (κ2) is 10.5. The van der Waals surface area contributed by atoms with Gasteiger partial charge >= 0.3 is 6.03 Å². The third kappa shape index (κ3) is 6.80. The van der Waals surface area contributed by atoms with Gasteiger partial charge in [0.1, 0.15) is 0 Å². The van der Waals surface area contributed by atoms with Crippen molar-refractivity contribution in [2.24, 2.45) is 0 Å². The number of carbonyl (C=O) groups excluding carboxylic acids is 2. The van der Waals surface area contributed by atoms with Crippen molar-refractivity contribution < 1.29 is 19.1 Å². The molecule has 0 aliphatic carbocycles. The standard InChI is InChI=1S/C22H29N3O4/c1-6-29-19-10-8-17(12-20(19)28-5)13-25(4)14-21(26)24-22(27)23-18-9-7-15(2)11-16(18)3/h7-12H,6,13-14H2,1-5H3,(H2,23,24,26,27). The van der Waals surface area contributed by atoms with Crippen LogP contribution in [0.1, 0.15) is 23.6 Å². The molecule has 0 spiro atoms. The Morgan fingerprint density at radius 3 is 2.48 bits per heavy atom. The van der Waals surface area contributed by atoms with Gasteiger partial charge in [-0.15, -0.1) is 0 Å².